The minimum absolute atomic E-state index is 0.923. The van der Waals surface area contributed by atoms with Crippen LogP contribution in [0.3, 0.4) is 0 Å². The summed E-state index contributed by atoms with van der Waals surface area (Å²) < 4.78 is 0. The van der Waals surface area contributed by atoms with Crippen LogP contribution in [0, 0.1) is 6.92 Å². The van der Waals surface area contributed by atoms with E-state index < -0.39 is 0 Å². The Morgan fingerprint density at radius 2 is 1.36 bits per heavy atom. The van der Waals surface area contributed by atoms with Gasteiger partial charge in [-0.15, -0.1) is 0 Å². The van der Waals surface area contributed by atoms with Gasteiger partial charge in [0.25, 0.3) is 0 Å². The van der Waals surface area contributed by atoms with Crippen molar-refractivity contribution in [3.63, 3.8) is 0 Å². The second kappa shape index (κ2) is 12.5. The fraction of sp³-hybridized carbons (Fsp3) is 0.643. The Hall–Kier alpha value is -0.520. The molecule has 14 heavy (non-hydrogen) atoms. The first-order chi connectivity index (χ1) is 6.91. The minimum atomic E-state index is 0.923. The Bertz CT molecular complexity index is 142. The van der Waals surface area contributed by atoms with Crippen molar-refractivity contribution in [2.75, 3.05) is 0 Å². The van der Waals surface area contributed by atoms with Crippen molar-refractivity contribution in [3.8, 4) is 0 Å². The lowest BCUT2D eigenvalue weighted by atomic mass is 10.1. The number of unbranched alkanes of at least 4 members (excludes halogenated alkanes) is 5. The Labute approximate surface area is 90.1 Å². The highest BCUT2D eigenvalue weighted by atomic mass is 13.9. The van der Waals surface area contributed by atoms with Crippen LogP contribution in [0.15, 0.2) is 24.3 Å². The molecule has 0 saturated heterocycles. The first-order valence-corrected chi connectivity index (χ1v) is 6.01. The molecule has 0 aromatic rings. The van der Waals surface area contributed by atoms with Gasteiger partial charge < -0.3 is 0 Å². The third-order valence-corrected chi connectivity index (χ3v) is 2.22. The highest BCUT2D eigenvalue weighted by molar-refractivity contribution is 4.85. The third kappa shape index (κ3) is 11.5. The van der Waals surface area contributed by atoms with Gasteiger partial charge in [0.15, 0.2) is 0 Å². The fourth-order valence-corrected chi connectivity index (χ4v) is 1.34. The molecule has 0 unspecified atom stereocenters. The van der Waals surface area contributed by atoms with Crippen molar-refractivity contribution in [1.29, 1.82) is 0 Å². The molecular weight excluding hydrogens is 168 g/mol. The summed E-state index contributed by atoms with van der Waals surface area (Å²) in [7, 11) is 0. The van der Waals surface area contributed by atoms with Crippen LogP contribution < -0.4 is 0 Å². The van der Waals surface area contributed by atoms with Crippen molar-refractivity contribution >= 4 is 0 Å². The predicted octanol–water partition coefficient (Wildman–Crippen LogP) is 5.07. The molecular formula is C14H25. The molecule has 81 valence electrons. The van der Waals surface area contributed by atoms with Gasteiger partial charge >= 0.3 is 0 Å². The van der Waals surface area contributed by atoms with E-state index in [4.69, 9.17) is 0 Å². The zero-order valence-electron chi connectivity index (χ0n) is 9.67. The molecule has 0 aliphatic carbocycles. The number of hydrogen-bond acceptors (Lipinski definition) is 0. The molecule has 0 atom stereocenters. The van der Waals surface area contributed by atoms with Crippen LogP contribution in [-0.2, 0) is 0 Å². The van der Waals surface area contributed by atoms with E-state index in [1.54, 1.807) is 0 Å². The zero-order valence-corrected chi connectivity index (χ0v) is 9.67. The lowest BCUT2D eigenvalue weighted by Gasteiger charge is -1.92. The summed E-state index contributed by atoms with van der Waals surface area (Å²) >= 11 is 0. The summed E-state index contributed by atoms with van der Waals surface area (Å²) in [5.74, 6) is 0. The monoisotopic (exact) mass is 193 g/mol. The maximum atomic E-state index is 3.76. The molecule has 0 rings (SSSR count). The molecule has 0 saturated carbocycles. The molecule has 0 bridgehead atoms. The summed E-state index contributed by atoms with van der Waals surface area (Å²) in [5.41, 5.74) is 0. The number of allylic oxidation sites excluding steroid dienone is 4. The van der Waals surface area contributed by atoms with E-state index in [2.05, 4.69) is 38.2 Å². The van der Waals surface area contributed by atoms with Crippen molar-refractivity contribution in [2.24, 2.45) is 0 Å². The topological polar surface area (TPSA) is 0 Å². The first-order valence-electron chi connectivity index (χ1n) is 6.01. The lowest BCUT2D eigenvalue weighted by molar-refractivity contribution is 0.727. The van der Waals surface area contributed by atoms with Crippen LogP contribution in [0.2, 0.25) is 0 Å². The van der Waals surface area contributed by atoms with Crippen LogP contribution in [0.25, 0.3) is 0 Å². The maximum Gasteiger partial charge on any atom is -0.0348 e. The Kier molecular flexibility index (Phi) is 12.0. The molecule has 0 amide bonds. The smallest absolute Gasteiger partial charge is 0.0348 e. The van der Waals surface area contributed by atoms with Crippen LogP contribution in [0.4, 0.5) is 0 Å². The molecule has 0 fully saturated rings. The van der Waals surface area contributed by atoms with E-state index >= 15 is 0 Å². The van der Waals surface area contributed by atoms with Crippen LogP contribution in [0.1, 0.15) is 58.3 Å². The standard InChI is InChI=1S/C14H25/c1-3-5-7-9-11-13-14-12-10-8-6-4-2/h5,7,12,14H,1,3-4,6,8-11,13H2,2H3/b7-5-,14-12-. The van der Waals surface area contributed by atoms with Crippen molar-refractivity contribution in [2.45, 2.75) is 58.3 Å². The van der Waals surface area contributed by atoms with E-state index in [0.717, 1.165) is 6.42 Å². The van der Waals surface area contributed by atoms with Crippen molar-refractivity contribution in [1.82, 2.24) is 0 Å². The highest BCUT2D eigenvalue weighted by Crippen LogP contribution is 2.02. The van der Waals surface area contributed by atoms with E-state index in [0.29, 0.717) is 0 Å². The molecule has 0 aliphatic heterocycles. The average Bonchev–Trinajstić information content (AvgIpc) is 2.21. The SMILES string of the molecule is [CH2]C/C=C\CCC/C=C\CCCCC. The van der Waals surface area contributed by atoms with Gasteiger partial charge in [-0.1, -0.05) is 44.1 Å². The summed E-state index contributed by atoms with van der Waals surface area (Å²) in [6.07, 6.45) is 19.0. The largest absolute Gasteiger partial charge is 0.0885 e. The lowest BCUT2D eigenvalue weighted by Crippen LogP contribution is -1.72. The molecule has 0 heterocycles. The van der Waals surface area contributed by atoms with E-state index in [1.807, 2.05) is 0 Å². The van der Waals surface area contributed by atoms with Gasteiger partial charge in [0.1, 0.15) is 0 Å². The molecule has 0 aromatic carbocycles. The average molecular weight is 193 g/mol. The Morgan fingerprint density at radius 3 is 1.93 bits per heavy atom. The highest BCUT2D eigenvalue weighted by Gasteiger charge is 1.82. The van der Waals surface area contributed by atoms with Crippen LogP contribution in [0.5, 0.6) is 0 Å². The second-order valence-electron chi connectivity index (χ2n) is 3.66. The molecule has 0 nitrogen and oxygen atoms in total. The van der Waals surface area contributed by atoms with Gasteiger partial charge in [-0.05, 0) is 45.4 Å². The Balaban J connectivity index is 3.07. The van der Waals surface area contributed by atoms with Crippen LogP contribution in [-0.4, -0.2) is 0 Å². The van der Waals surface area contributed by atoms with Gasteiger partial charge in [0, 0.05) is 0 Å². The Morgan fingerprint density at radius 1 is 0.786 bits per heavy atom. The number of rotatable bonds is 9. The summed E-state index contributed by atoms with van der Waals surface area (Å²) in [4.78, 5) is 0. The number of hydrogen-bond donors (Lipinski definition) is 0. The second-order valence-corrected chi connectivity index (χ2v) is 3.66. The van der Waals surface area contributed by atoms with E-state index in [-0.39, 0.29) is 0 Å². The zero-order chi connectivity index (χ0) is 10.5. The van der Waals surface area contributed by atoms with E-state index in [1.165, 1.54) is 44.9 Å². The summed E-state index contributed by atoms with van der Waals surface area (Å²) in [6.45, 7) is 6.01. The fourth-order valence-electron chi connectivity index (χ4n) is 1.34. The molecule has 0 spiro atoms. The quantitative estimate of drug-likeness (QED) is 0.354. The molecule has 0 aliphatic rings. The molecule has 1 radical (unpaired) electrons. The first kappa shape index (κ1) is 13.5. The van der Waals surface area contributed by atoms with Gasteiger partial charge in [0.2, 0.25) is 0 Å². The summed E-state index contributed by atoms with van der Waals surface area (Å²) in [6, 6.07) is 0. The predicted molar refractivity (Wildman–Crippen MR) is 66.2 cm³/mol. The molecule has 0 heteroatoms. The van der Waals surface area contributed by atoms with Crippen LogP contribution >= 0.6 is 0 Å². The van der Waals surface area contributed by atoms with Gasteiger partial charge in [0.05, 0.1) is 0 Å². The molecule has 0 aromatic heterocycles. The molecule has 0 N–H and O–H groups in total. The maximum absolute atomic E-state index is 3.76. The van der Waals surface area contributed by atoms with Crippen molar-refractivity contribution < 1.29 is 0 Å². The minimum Gasteiger partial charge on any atom is -0.0885 e. The van der Waals surface area contributed by atoms with Gasteiger partial charge in [-0.2, -0.15) is 0 Å². The summed E-state index contributed by atoms with van der Waals surface area (Å²) in [5, 5.41) is 0. The van der Waals surface area contributed by atoms with E-state index in [9.17, 15) is 0 Å². The normalized spacial score (nSPS) is 11.9. The van der Waals surface area contributed by atoms with Gasteiger partial charge in [-0.25, -0.2) is 0 Å². The third-order valence-electron chi connectivity index (χ3n) is 2.22. The van der Waals surface area contributed by atoms with Crippen molar-refractivity contribution in [3.05, 3.63) is 31.2 Å². The van der Waals surface area contributed by atoms with Gasteiger partial charge in [-0.3, -0.25) is 0 Å².